The molecule has 1 heterocycles. The Hall–Kier alpha value is -1.01. The molecule has 5 nitrogen and oxygen atoms in total. The minimum Gasteiger partial charge on any atom is -0.330 e. The number of rotatable bonds is 5. The fraction of sp³-hybridized carbons (Fsp3) is 0.625. The minimum absolute atomic E-state index is 0.0189. The zero-order chi connectivity index (χ0) is 10.4. The number of nitrogens with two attached hydrogens (primary N) is 1. The first-order chi connectivity index (χ1) is 6.72. The van der Waals surface area contributed by atoms with Crippen molar-refractivity contribution in [1.29, 1.82) is 0 Å². The van der Waals surface area contributed by atoms with Gasteiger partial charge in [0.25, 0.3) is 0 Å². The molecule has 1 rings (SSSR count). The molecular formula is C8H14N4OS. The molecule has 1 amide bonds. The molecule has 14 heavy (non-hydrogen) atoms. The highest BCUT2D eigenvalue weighted by Crippen LogP contribution is 2.10. The number of carbonyl (C=O) groups excluding carboxylic acids is 1. The van der Waals surface area contributed by atoms with Gasteiger partial charge in [-0.15, -0.1) is 0 Å². The molecule has 0 bridgehead atoms. The van der Waals surface area contributed by atoms with Crippen LogP contribution in [0.2, 0.25) is 0 Å². The van der Waals surface area contributed by atoms with Gasteiger partial charge in [-0.3, -0.25) is 4.79 Å². The van der Waals surface area contributed by atoms with E-state index in [4.69, 9.17) is 5.73 Å². The maximum absolute atomic E-state index is 11.3. The Morgan fingerprint density at radius 2 is 2.36 bits per heavy atom. The third-order valence-electron chi connectivity index (χ3n) is 1.63. The van der Waals surface area contributed by atoms with Crippen molar-refractivity contribution in [2.45, 2.75) is 26.2 Å². The molecule has 1 aromatic rings. The predicted molar refractivity (Wildman–Crippen MR) is 56.2 cm³/mol. The fourth-order valence-electron chi connectivity index (χ4n) is 0.960. The summed E-state index contributed by atoms with van der Waals surface area (Å²) in [7, 11) is 0. The second kappa shape index (κ2) is 5.66. The first-order valence-electron chi connectivity index (χ1n) is 4.52. The lowest BCUT2D eigenvalue weighted by atomic mass is 10.2. The maximum Gasteiger partial charge on any atom is 0.226 e. The van der Waals surface area contributed by atoms with Crippen LogP contribution in [0.5, 0.6) is 0 Å². The number of aryl methyl sites for hydroxylation is 1. The van der Waals surface area contributed by atoms with Crippen molar-refractivity contribution in [3.8, 4) is 0 Å². The number of anilines is 1. The van der Waals surface area contributed by atoms with Crippen LogP contribution in [-0.2, 0) is 4.79 Å². The Morgan fingerprint density at radius 1 is 1.57 bits per heavy atom. The van der Waals surface area contributed by atoms with Gasteiger partial charge in [-0.1, -0.05) is 0 Å². The summed E-state index contributed by atoms with van der Waals surface area (Å²) >= 11 is 1.20. The second-order valence-corrected chi connectivity index (χ2v) is 3.69. The third-order valence-corrected chi connectivity index (χ3v) is 2.35. The number of carbonyl (C=O) groups is 1. The van der Waals surface area contributed by atoms with Gasteiger partial charge in [-0.2, -0.15) is 4.37 Å². The molecule has 6 heteroatoms. The van der Waals surface area contributed by atoms with Crippen LogP contribution in [0.15, 0.2) is 0 Å². The first-order valence-corrected chi connectivity index (χ1v) is 5.30. The van der Waals surface area contributed by atoms with Crippen LogP contribution in [0.4, 0.5) is 5.13 Å². The summed E-state index contributed by atoms with van der Waals surface area (Å²) in [6.07, 6.45) is 2.19. The molecule has 0 aliphatic rings. The number of aromatic nitrogens is 2. The molecule has 0 aliphatic carbocycles. The van der Waals surface area contributed by atoms with Crippen molar-refractivity contribution in [1.82, 2.24) is 9.36 Å². The molecule has 0 radical (unpaired) electrons. The molecule has 78 valence electrons. The number of hydrogen-bond donors (Lipinski definition) is 2. The van der Waals surface area contributed by atoms with Crippen molar-refractivity contribution in [2.24, 2.45) is 5.73 Å². The Labute approximate surface area is 86.9 Å². The second-order valence-electron chi connectivity index (χ2n) is 2.94. The quantitative estimate of drug-likeness (QED) is 0.714. The average Bonchev–Trinajstić information content (AvgIpc) is 2.52. The van der Waals surface area contributed by atoms with E-state index in [0.717, 1.165) is 12.8 Å². The zero-order valence-electron chi connectivity index (χ0n) is 8.12. The maximum atomic E-state index is 11.3. The number of unbranched alkanes of at least 4 members (excludes halogenated alkanes) is 1. The number of nitrogens with zero attached hydrogens (tertiary/aromatic N) is 2. The summed E-state index contributed by atoms with van der Waals surface area (Å²) in [5.41, 5.74) is 5.32. The molecule has 1 aromatic heterocycles. The molecule has 0 atom stereocenters. The highest BCUT2D eigenvalue weighted by atomic mass is 32.1. The van der Waals surface area contributed by atoms with E-state index in [2.05, 4.69) is 14.7 Å². The van der Waals surface area contributed by atoms with Crippen LogP contribution in [-0.4, -0.2) is 21.8 Å². The first kappa shape index (κ1) is 11.1. The van der Waals surface area contributed by atoms with Crippen molar-refractivity contribution < 1.29 is 4.79 Å². The minimum atomic E-state index is -0.0189. The highest BCUT2D eigenvalue weighted by Gasteiger charge is 2.05. The predicted octanol–water partition coefficient (Wildman–Crippen LogP) is 0.914. The van der Waals surface area contributed by atoms with Crippen LogP contribution in [0, 0.1) is 6.92 Å². The van der Waals surface area contributed by atoms with Crippen LogP contribution in [0.1, 0.15) is 25.1 Å². The van der Waals surface area contributed by atoms with Gasteiger partial charge in [0, 0.05) is 18.0 Å². The lowest BCUT2D eigenvalue weighted by molar-refractivity contribution is -0.116. The van der Waals surface area contributed by atoms with Gasteiger partial charge in [0.15, 0.2) is 0 Å². The molecule has 0 aliphatic heterocycles. The molecule has 0 saturated heterocycles. The standard InChI is InChI=1S/C8H14N4OS/c1-6-10-8(14-12-6)11-7(13)4-2-3-5-9/h2-5,9H2,1H3,(H,10,11,12,13). The van der Waals surface area contributed by atoms with E-state index in [-0.39, 0.29) is 5.91 Å². The topological polar surface area (TPSA) is 80.9 Å². The summed E-state index contributed by atoms with van der Waals surface area (Å²) in [5.74, 6) is 0.668. The largest absolute Gasteiger partial charge is 0.330 e. The van der Waals surface area contributed by atoms with Gasteiger partial charge in [0.1, 0.15) is 5.82 Å². The Balaban J connectivity index is 2.27. The fourth-order valence-corrected chi connectivity index (χ4v) is 1.55. The van der Waals surface area contributed by atoms with Gasteiger partial charge < -0.3 is 11.1 Å². The summed E-state index contributed by atoms with van der Waals surface area (Å²) in [6.45, 7) is 2.42. The molecule has 0 aromatic carbocycles. The zero-order valence-corrected chi connectivity index (χ0v) is 8.93. The summed E-state index contributed by atoms with van der Waals surface area (Å²) < 4.78 is 3.96. The molecule has 0 fully saturated rings. The van der Waals surface area contributed by atoms with Crippen LogP contribution in [0.3, 0.4) is 0 Å². The van der Waals surface area contributed by atoms with E-state index in [1.165, 1.54) is 11.5 Å². The normalized spacial score (nSPS) is 10.1. The lowest BCUT2D eigenvalue weighted by Crippen LogP contribution is -2.11. The number of amides is 1. The van der Waals surface area contributed by atoms with E-state index in [0.29, 0.717) is 23.9 Å². The van der Waals surface area contributed by atoms with E-state index in [9.17, 15) is 4.79 Å². The average molecular weight is 214 g/mol. The molecule has 3 N–H and O–H groups in total. The van der Waals surface area contributed by atoms with Crippen molar-refractivity contribution >= 4 is 22.6 Å². The van der Waals surface area contributed by atoms with Gasteiger partial charge in [-0.25, -0.2) is 4.98 Å². The molecular weight excluding hydrogens is 200 g/mol. The van der Waals surface area contributed by atoms with Crippen LogP contribution < -0.4 is 11.1 Å². The Morgan fingerprint density at radius 3 is 2.93 bits per heavy atom. The summed E-state index contributed by atoms with van der Waals surface area (Å²) in [4.78, 5) is 15.3. The smallest absolute Gasteiger partial charge is 0.226 e. The van der Waals surface area contributed by atoms with E-state index in [1.54, 1.807) is 6.92 Å². The highest BCUT2D eigenvalue weighted by molar-refractivity contribution is 7.09. The van der Waals surface area contributed by atoms with Crippen molar-refractivity contribution in [3.63, 3.8) is 0 Å². The summed E-state index contributed by atoms with van der Waals surface area (Å²) in [5, 5.41) is 3.26. The van der Waals surface area contributed by atoms with E-state index in [1.807, 2.05) is 0 Å². The van der Waals surface area contributed by atoms with E-state index >= 15 is 0 Å². The number of hydrogen-bond acceptors (Lipinski definition) is 5. The van der Waals surface area contributed by atoms with Crippen LogP contribution >= 0.6 is 11.5 Å². The Bertz CT molecular complexity index is 299. The van der Waals surface area contributed by atoms with E-state index < -0.39 is 0 Å². The summed E-state index contributed by atoms with van der Waals surface area (Å²) in [6, 6.07) is 0. The number of nitrogens with one attached hydrogen (secondary N) is 1. The van der Waals surface area contributed by atoms with Gasteiger partial charge in [0.05, 0.1) is 0 Å². The van der Waals surface area contributed by atoms with Crippen molar-refractivity contribution in [3.05, 3.63) is 5.82 Å². The molecule has 0 saturated carbocycles. The third kappa shape index (κ3) is 3.80. The van der Waals surface area contributed by atoms with Gasteiger partial charge >= 0.3 is 0 Å². The molecule has 0 unspecified atom stereocenters. The van der Waals surface area contributed by atoms with Gasteiger partial charge in [0.2, 0.25) is 11.0 Å². The van der Waals surface area contributed by atoms with Crippen LogP contribution in [0.25, 0.3) is 0 Å². The monoisotopic (exact) mass is 214 g/mol. The lowest BCUT2D eigenvalue weighted by Gasteiger charge is -1.99. The SMILES string of the molecule is Cc1nsc(NC(=O)CCCCN)n1. The molecule has 0 spiro atoms. The Kier molecular flexibility index (Phi) is 4.48. The van der Waals surface area contributed by atoms with Crippen molar-refractivity contribution in [2.75, 3.05) is 11.9 Å². The van der Waals surface area contributed by atoms with Gasteiger partial charge in [-0.05, 0) is 26.3 Å².